The number of carbonyl (C=O) groups is 2. The topological polar surface area (TPSA) is 77.0 Å². The molecule has 0 spiro atoms. The predicted molar refractivity (Wildman–Crippen MR) is 119 cm³/mol. The second kappa shape index (κ2) is 10.5. The highest BCUT2D eigenvalue weighted by atomic mass is 16.2. The van der Waals surface area contributed by atoms with Crippen LogP contribution in [0.25, 0.3) is 0 Å². The molecule has 0 radical (unpaired) electrons. The normalized spacial score (nSPS) is 19.9. The van der Waals surface area contributed by atoms with Crippen LogP contribution in [0.15, 0.2) is 29.3 Å². The van der Waals surface area contributed by atoms with Gasteiger partial charge >= 0.3 is 0 Å². The molecule has 3 rings (SSSR count). The summed E-state index contributed by atoms with van der Waals surface area (Å²) in [5.41, 5.74) is 1.85. The maximum absolute atomic E-state index is 12.6. The molecule has 0 aliphatic carbocycles. The number of amides is 2. The van der Waals surface area contributed by atoms with E-state index in [1.807, 2.05) is 47.9 Å². The number of piperidine rings is 1. The zero-order valence-corrected chi connectivity index (χ0v) is 18.5. The molecule has 2 N–H and O–H groups in total. The number of rotatable bonds is 5. The summed E-state index contributed by atoms with van der Waals surface area (Å²) in [5, 5.41) is 6.75. The summed E-state index contributed by atoms with van der Waals surface area (Å²) in [6.45, 7) is 7.74. The second-order valence-corrected chi connectivity index (χ2v) is 8.54. The molecule has 2 saturated heterocycles. The molecule has 2 amide bonds. The van der Waals surface area contributed by atoms with Crippen molar-refractivity contribution >= 4 is 17.8 Å². The Morgan fingerprint density at radius 2 is 1.77 bits per heavy atom. The molecule has 1 atom stereocenters. The first-order chi connectivity index (χ1) is 14.5. The van der Waals surface area contributed by atoms with Gasteiger partial charge in [-0.1, -0.05) is 26.0 Å². The van der Waals surface area contributed by atoms with Crippen LogP contribution in [0.3, 0.4) is 0 Å². The number of hydrogen-bond donors (Lipinski definition) is 2. The van der Waals surface area contributed by atoms with Crippen molar-refractivity contribution in [3.8, 4) is 0 Å². The van der Waals surface area contributed by atoms with Crippen LogP contribution in [-0.2, 0) is 11.3 Å². The Labute approximate surface area is 179 Å². The van der Waals surface area contributed by atoms with Gasteiger partial charge in [0.05, 0.1) is 0 Å². The summed E-state index contributed by atoms with van der Waals surface area (Å²) < 4.78 is 0. The number of nitrogens with one attached hydrogen (secondary N) is 2. The molecule has 7 nitrogen and oxygen atoms in total. The molecule has 1 unspecified atom stereocenters. The van der Waals surface area contributed by atoms with Crippen molar-refractivity contribution in [2.45, 2.75) is 52.1 Å². The summed E-state index contributed by atoms with van der Waals surface area (Å²) in [6, 6.07) is 8.03. The molecule has 164 valence electrons. The molecule has 2 aliphatic rings. The summed E-state index contributed by atoms with van der Waals surface area (Å²) in [6.07, 6.45) is 4.34. The van der Waals surface area contributed by atoms with Gasteiger partial charge in [0.15, 0.2) is 5.96 Å². The minimum Gasteiger partial charge on any atom is -0.352 e. The van der Waals surface area contributed by atoms with Crippen LogP contribution in [-0.4, -0.2) is 66.8 Å². The fourth-order valence-electron chi connectivity index (χ4n) is 4.06. The number of guanidine groups is 1. The first kappa shape index (κ1) is 22.1. The van der Waals surface area contributed by atoms with Gasteiger partial charge in [-0.15, -0.1) is 0 Å². The Kier molecular flexibility index (Phi) is 7.71. The van der Waals surface area contributed by atoms with Crippen LogP contribution in [0.1, 0.15) is 55.5 Å². The smallest absolute Gasteiger partial charge is 0.253 e. The lowest BCUT2D eigenvalue weighted by molar-refractivity contribution is -0.133. The summed E-state index contributed by atoms with van der Waals surface area (Å²) in [7, 11) is 1.75. The number of aliphatic imine (C=N–C) groups is 1. The van der Waals surface area contributed by atoms with Crippen molar-refractivity contribution in [3.63, 3.8) is 0 Å². The average molecular weight is 414 g/mol. The third-order valence-electron chi connectivity index (χ3n) is 5.86. The van der Waals surface area contributed by atoms with E-state index in [0.717, 1.165) is 56.0 Å². The van der Waals surface area contributed by atoms with Crippen LogP contribution >= 0.6 is 0 Å². The number of likely N-dealkylation sites (tertiary alicyclic amines) is 2. The molecular formula is C23H35N5O2. The standard InChI is InChI=1S/C23H35N5O2/c1-17(2)21(29)28-14-11-20(16-28)26-23(24-3)25-15-18-7-9-19(10-8-18)22(30)27-12-5-4-6-13-27/h7-10,17,20H,4-6,11-16H2,1-3H3,(H2,24,25,26). The number of hydrogen-bond acceptors (Lipinski definition) is 3. The highest BCUT2D eigenvalue weighted by Gasteiger charge is 2.28. The molecule has 2 heterocycles. The van der Waals surface area contributed by atoms with Gasteiger partial charge in [-0.05, 0) is 43.4 Å². The molecule has 1 aromatic carbocycles. The number of nitrogens with zero attached hydrogens (tertiary/aromatic N) is 3. The molecule has 0 aromatic heterocycles. The van der Waals surface area contributed by atoms with Gasteiger partial charge in [-0.25, -0.2) is 0 Å². The Bertz CT molecular complexity index is 753. The largest absolute Gasteiger partial charge is 0.352 e. The Morgan fingerprint density at radius 3 is 2.40 bits per heavy atom. The van der Waals surface area contributed by atoms with Crippen LogP contribution < -0.4 is 10.6 Å². The van der Waals surface area contributed by atoms with E-state index in [9.17, 15) is 9.59 Å². The zero-order valence-electron chi connectivity index (χ0n) is 18.5. The molecule has 2 fully saturated rings. The van der Waals surface area contributed by atoms with Crippen LogP contribution in [0.2, 0.25) is 0 Å². The summed E-state index contributed by atoms with van der Waals surface area (Å²) in [5.74, 6) is 1.10. The molecule has 1 aromatic rings. The maximum Gasteiger partial charge on any atom is 0.253 e. The highest BCUT2D eigenvalue weighted by molar-refractivity contribution is 5.94. The van der Waals surface area contributed by atoms with Crippen LogP contribution in [0.4, 0.5) is 0 Å². The van der Waals surface area contributed by atoms with E-state index < -0.39 is 0 Å². The van der Waals surface area contributed by atoms with E-state index in [-0.39, 0.29) is 23.8 Å². The number of benzene rings is 1. The third-order valence-corrected chi connectivity index (χ3v) is 5.86. The van der Waals surface area contributed by atoms with Crippen molar-refractivity contribution in [2.75, 3.05) is 33.2 Å². The fraction of sp³-hybridized carbons (Fsp3) is 0.609. The maximum atomic E-state index is 12.6. The van der Waals surface area contributed by atoms with E-state index in [1.54, 1.807) is 7.05 Å². The lowest BCUT2D eigenvalue weighted by Gasteiger charge is -2.26. The van der Waals surface area contributed by atoms with E-state index >= 15 is 0 Å². The van der Waals surface area contributed by atoms with Gasteiger partial charge in [-0.3, -0.25) is 14.6 Å². The van der Waals surface area contributed by atoms with Gasteiger partial charge in [0.25, 0.3) is 5.91 Å². The van der Waals surface area contributed by atoms with E-state index in [1.165, 1.54) is 6.42 Å². The van der Waals surface area contributed by atoms with Crippen molar-refractivity contribution in [3.05, 3.63) is 35.4 Å². The van der Waals surface area contributed by atoms with Crippen LogP contribution in [0, 0.1) is 5.92 Å². The lowest BCUT2D eigenvalue weighted by Crippen LogP contribution is -2.45. The van der Waals surface area contributed by atoms with Gasteiger partial charge in [-0.2, -0.15) is 0 Å². The molecule has 0 saturated carbocycles. The summed E-state index contributed by atoms with van der Waals surface area (Å²) in [4.78, 5) is 32.9. The Hall–Kier alpha value is -2.57. The van der Waals surface area contributed by atoms with Gasteiger partial charge in [0.1, 0.15) is 0 Å². The molecule has 7 heteroatoms. The minimum absolute atomic E-state index is 0.0333. The quantitative estimate of drug-likeness (QED) is 0.573. The van der Waals surface area contributed by atoms with Gasteiger partial charge in [0, 0.05) is 57.3 Å². The Morgan fingerprint density at radius 1 is 1.07 bits per heavy atom. The fourth-order valence-corrected chi connectivity index (χ4v) is 4.06. The zero-order chi connectivity index (χ0) is 21.5. The van der Waals surface area contributed by atoms with Crippen molar-refractivity contribution in [2.24, 2.45) is 10.9 Å². The summed E-state index contributed by atoms with van der Waals surface area (Å²) >= 11 is 0. The van der Waals surface area contributed by atoms with Gasteiger partial charge in [0.2, 0.25) is 5.91 Å². The molecule has 2 aliphatic heterocycles. The first-order valence-corrected chi connectivity index (χ1v) is 11.1. The lowest BCUT2D eigenvalue weighted by atomic mass is 10.1. The van der Waals surface area contributed by atoms with Gasteiger partial charge < -0.3 is 20.4 Å². The highest BCUT2D eigenvalue weighted by Crippen LogP contribution is 2.15. The number of carbonyl (C=O) groups excluding carboxylic acids is 2. The molecule has 30 heavy (non-hydrogen) atoms. The monoisotopic (exact) mass is 413 g/mol. The van der Waals surface area contributed by atoms with E-state index in [4.69, 9.17) is 0 Å². The SMILES string of the molecule is CN=C(NCc1ccc(C(=O)N2CCCCC2)cc1)NC1CCN(C(=O)C(C)C)C1. The first-order valence-electron chi connectivity index (χ1n) is 11.1. The van der Waals surface area contributed by atoms with Crippen molar-refractivity contribution < 1.29 is 9.59 Å². The molecular weight excluding hydrogens is 378 g/mol. The van der Waals surface area contributed by atoms with E-state index in [2.05, 4.69) is 15.6 Å². The average Bonchev–Trinajstić information content (AvgIpc) is 3.25. The third kappa shape index (κ3) is 5.74. The Balaban J connectivity index is 1.47. The molecule has 0 bridgehead atoms. The van der Waals surface area contributed by atoms with Crippen molar-refractivity contribution in [1.82, 2.24) is 20.4 Å². The van der Waals surface area contributed by atoms with E-state index in [0.29, 0.717) is 13.1 Å². The predicted octanol–water partition coefficient (Wildman–Crippen LogP) is 2.23. The van der Waals surface area contributed by atoms with Crippen molar-refractivity contribution in [1.29, 1.82) is 0 Å². The van der Waals surface area contributed by atoms with Crippen LogP contribution in [0.5, 0.6) is 0 Å². The minimum atomic E-state index is 0.0333. The second-order valence-electron chi connectivity index (χ2n) is 8.54.